The molecule has 29 heavy (non-hydrogen) atoms. The van der Waals surface area contributed by atoms with Gasteiger partial charge >= 0.3 is 0 Å². The van der Waals surface area contributed by atoms with Gasteiger partial charge in [-0.05, 0) is 49.2 Å². The summed E-state index contributed by atoms with van der Waals surface area (Å²) in [6.07, 6.45) is 1.64. The first-order valence-corrected chi connectivity index (χ1v) is 9.62. The fourth-order valence-corrected chi connectivity index (χ4v) is 3.55. The van der Waals surface area contributed by atoms with Crippen molar-refractivity contribution in [2.75, 3.05) is 41.3 Å². The number of hydrogen-bond donors (Lipinski definition) is 1. The van der Waals surface area contributed by atoms with Crippen molar-refractivity contribution in [2.45, 2.75) is 13.8 Å². The zero-order valence-electron chi connectivity index (χ0n) is 16.5. The predicted octanol–water partition coefficient (Wildman–Crippen LogP) is 4.44. The van der Waals surface area contributed by atoms with Crippen LogP contribution in [0.25, 0.3) is 0 Å². The van der Waals surface area contributed by atoms with Crippen LogP contribution in [-0.4, -0.2) is 36.1 Å². The van der Waals surface area contributed by atoms with Crippen LogP contribution in [0.4, 0.5) is 31.9 Å². The van der Waals surface area contributed by atoms with Gasteiger partial charge in [-0.15, -0.1) is 0 Å². The van der Waals surface area contributed by atoms with Gasteiger partial charge < -0.3 is 15.1 Å². The number of aryl methyl sites for hydroxylation is 1. The highest BCUT2D eigenvalue weighted by Gasteiger charge is 2.20. The summed E-state index contributed by atoms with van der Waals surface area (Å²) in [5.41, 5.74) is 4.03. The molecule has 0 radical (unpaired) electrons. The zero-order valence-corrected chi connectivity index (χ0v) is 16.5. The van der Waals surface area contributed by atoms with E-state index in [1.54, 1.807) is 6.20 Å². The van der Waals surface area contributed by atoms with Crippen LogP contribution in [-0.2, 0) is 0 Å². The number of hydrogen-bond acceptors (Lipinski definition) is 5. The molecule has 1 aliphatic heterocycles. The van der Waals surface area contributed by atoms with Crippen LogP contribution in [0.5, 0.6) is 0 Å². The van der Waals surface area contributed by atoms with Crippen molar-refractivity contribution in [3.05, 3.63) is 71.4 Å². The van der Waals surface area contributed by atoms with E-state index in [4.69, 9.17) is 0 Å². The first-order valence-electron chi connectivity index (χ1n) is 9.62. The maximum atomic E-state index is 13.9. The Morgan fingerprint density at radius 3 is 2.45 bits per heavy atom. The fourth-order valence-electron chi connectivity index (χ4n) is 3.55. The molecule has 0 aliphatic carbocycles. The average Bonchev–Trinajstić information content (AvgIpc) is 2.73. The molecular formula is C22H23F2N5. The van der Waals surface area contributed by atoms with Gasteiger partial charge in [-0.2, -0.15) is 4.98 Å². The van der Waals surface area contributed by atoms with Gasteiger partial charge in [0.2, 0.25) is 5.95 Å². The Labute approximate surface area is 169 Å². The molecule has 1 fully saturated rings. The van der Waals surface area contributed by atoms with E-state index < -0.39 is 11.6 Å². The number of benzene rings is 2. The molecule has 7 heteroatoms. The van der Waals surface area contributed by atoms with Gasteiger partial charge in [0.15, 0.2) is 0 Å². The Bertz CT molecular complexity index is 1020. The normalized spacial score (nSPS) is 14.2. The summed E-state index contributed by atoms with van der Waals surface area (Å²) in [6, 6.07) is 11.6. The second-order valence-electron chi connectivity index (χ2n) is 7.18. The number of piperazine rings is 1. The maximum absolute atomic E-state index is 13.9. The van der Waals surface area contributed by atoms with Gasteiger partial charge in [-0.25, -0.2) is 13.8 Å². The van der Waals surface area contributed by atoms with Gasteiger partial charge in [0.05, 0.1) is 5.69 Å². The summed E-state index contributed by atoms with van der Waals surface area (Å²) >= 11 is 0. The lowest BCUT2D eigenvalue weighted by Crippen LogP contribution is -2.47. The van der Waals surface area contributed by atoms with E-state index in [9.17, 15) is 8.78 Å². The molecular weight excluding hydrogens is 372 g/mol. The van der Waals surface area contributed by atoms with E-state index in [2.05, 4.69) is 57.1 Å². The molecule has 1 N–H and O–H groups in total. The van der Waals surface area contributed by atoms with Crippen LogP contribution in [0.15, 0.2) is 48.7 Å². The summed E-state index contributed by atoms with van der Waals surface area (Å²) in [5, 5.41) is 2.83. The summed E-state index contributed by atoms with van der Waals surface area (Å²) in [6.45, 7) is 7.74. The largest absolute Gasteiger partial charge is 0.368 e. The molecule has 2 aromatic carbocycles. The molecule has 1 saturated heterocycles. The number of anilines is 4. The van der Waals surface area contributed by atoms with Crippen molar-refractivity contribution in [1.29, 1.82) is 0 Å². The zero-order chi connectivity index (χ0) is 20.4. The Morgan fingerprint density at radius 2 is 1.69 bits per heavy atom. The molecule has 150 valence electrons. The van der Waals surface area contributed by atoms with E-state index >= 15 is 0 Å². The quantitative estimate of drug-likeness (QED) is 0.708. The van der Waals surface area contributed by atoms with Crippen molar-refractivity contribution < 1.29 is 8.78 Å². The highest BCUT2D eigenvalue weighted by Crippen LogP contribution is 2.25. The lowest BCUT2D eigenvalue weighted by Gasteiger charge is -2.37. The maximum Gasteiger partial charge on any atom is 0.229 e. The van der Waals surface area contributed by atoms with Crippen LogP contribution in [0, 0.1) is 25.5 Å². The molecule has 0 spiro atoms. The molecule has 0 atom stereocenters. The highest BCUT2D eigenvalue weighted by molar-refractivity contribution is 5.58. The minimum Gasteiger partial charge on any atom is -0.368 e. The van der Waals surface area contributed by atoms with Crippen LogP contribution in [0.2, 0.25) is 0 Å². The topological polar surface area (TPSA) is 44.3 Å². The van der Waals surface area contributed by atoms with Crippen molar-refractivity contribution >= 4 is 23.1 Å². The second kappa shape index (κ2) is 8.03. The third-order valence-corrected chi connectivity index (χ3v) is 5.34. The monoisotopic (exact) mass is 395 g/mol. The van der Waals surface area contributed by atoms with Crippen LogP contribution in [0.1, 0.15) is 11.1 Å². The molecule has 5 nitrogen and oxygen atoms in total. The minimum absolute atomic E-state index is 0.142. The number of halogens is 2. The Hall–Kier alpha value is -3.22. The van der Waals surface area contributed by atoms with Gasteiger partial charge in [0.25, 0.3) is 0 Å². The smallest absolute Gasteiger partial charge is 0.229 e. The van der Waals surface area contributed by atoms with E-state index in [1.165, 1.54) is 28.9 Å². The average molecular weight is 395 g/mol. The lowest BCUT2D eigenvalue weighted by atomic mass is 10.1. The number of aromatic nitrogens is 2. The number of nitrogens with zero attached hydrogens (tertiary/aromatic N) is 4. The third kappa shape index (κ3) is 4.13. The Kier molecular flexibility index (Phi) is 5.29. The minimum atomic E-state index is -0.679. The van der Waals surface area contributed by atoms with Gasteiger partial charge in [0.1, 0.15) is 17.5 Å². The SMILES string of the molecule is Cc1cccc(N2CCN(c3ccnc(Nc4ccc(F)cc4F)n3)CC2)c1C. The van der Waals surface area contributed by atoms with E-state index in [0.29, 0.717) is 0 Å². The molecule has 4 rings (SSSR count). The predicted molar refractivity (Wildman–Crippen MR) is 112 cm³/mol. The molecule has 3 aromatic rings. The van der Waals surface area contributed by atoms with Crippen molar-refractivity contribution in [3.63, 3.8) is 0 Å². The first kappa shape index (κ1) is 19.1. The molecule has 2 heterocycles. The summed E-state index contributed by atoms with van der Waals surface area (Å²) in [5.74, 6) is -0.235. The molecule has 1 aromatic heterocycles. The van der Waals surface area contributed by atoms with E-state index in [1.807, 2.05) is 6.07 Å². The molecule has 0 unspecified atom stereocenters. The van der Waals surface area contributed by atoms with Gasteiger partial charge in [0, 0.05) is 44.1 Å². The second-order valence-corrected chi connectivity index (χ2v) is 7.18. The van der Waals surface area contributed by atoms with E-state index in [0.717, 1.165) is 38.1 Å². The summed E-state index contributed by atoms with van der Waals surface area (Å²) in [4.78, 5) is 13.3. The van der Waals surface area contributed by atoms with Crippen molar-refractivity contribution in [3.8, 4) is 0 Å². The van der Waals surface area contributed by atoms with Crippen LogP contribution in [0.3, 0.4) is 0 Å². The standard InChI is InChI=1S/C22H23F2N5/c1-15-4-3-5-20(16(15)2)28-10-12-29(13-11-28)21-8-9-25-22(27-21)26-19-7-6-17(23)14-18(19)24/h3-9,14H,10-13H2,1-2H3,(H,25,26,27). The van der Waals surface area contributed by atoms with Crippen LogP contribution >= 0.6 is 0 Å². The fraction of sp³-hybridized carbons (Fsp3) is 0.273. The van der Waals surface area contributed by atoms with Gasteiger partial charge in [-0.3, -0.25) is 0 Å². The van der Waals surface area contributed by atoms with Crippen molar-refractivity contribution in [1.82, 2.24) is 9.97 Å². The Morgan fingerprint density at radius 1 is 0.931 bits per heavy atom. The Balaban J connectivity index is 1.45. The first-order chi connectivity index (χ1) is 14.0. The van der Waals surface area contributed by atoms with Crippen molar-refractivity contribution in [2.24, 2.45) is 0 Å². The number of nitrogens with one attached hydrogen (secondary N) is 1. The molecule has 0 amide bonds. The summed E-state index contributed by atoms with van der Waals surface area (Å²) < 4.78 is 27.0. The highest BCUT2D eigenvalue weighted by atomic mass is 19.1. The lowest BCUT2D eigenvalue weighted by molar-refractivity contribution is 0.586. The molecule has 0 saturated carbocycles. The summed E-state index contributed by atoms with van der Waals surface area (Å²) in [7, 11) is 0. The third-order valence-electron chi connectivity index (χ3n) is 5.34. The number of rotatable bonds is 4. The molecule has 0 bridgehead atoms. The van der Waals surface area contributed by atoms with E-state index in [-0.39, 0.29) is 11.6 Å². The molecule has 1 aliphatic rings. The van der Waals surface area contributed by atoms with Crippen LogP contribution < -0.4 is 15.1 Å². The van der Waals surface area contributed by atoms with Gasteiger partial charge in [-0.1, -0.05) is 12.1 Å².